The smallest absolute Gasteiger partial charge is 0.336 e. The molecule has 6 nitrogen and oxygen atoms in total. The number of ketones is 1. The van der Waals surface area contributed by atoms with Crippen molar-refractivity contribution in [3.63, 3.8) is 0 Å². The first kappa shape index (κ1) is 27.3. The van der Waals surface area contributed by atoms with Gasteiger partial charge in [0.15, 0.2) is 0 Å². The number of ether oxygens (including phenoxy) is 2. The number of fused-ring (bicyclic) bond motifs is 1. The normalized spacial score (nSPS) is 20.2. The van der Waals surface area contributed by atoms with Crippen molar-refractivity contribution in [1.29, 1.82) is 0 Å². The number of methoxy groups -OCH3 is 1. The van der Waals surface area contributed by atoms with Crippen LogP contribution in [0.15, 0.2) is 102 Å². The zero-order chi connectivity index (χ0) is 28.2. The first-order valence-corrected chi connectivity index (χ1v) is 13.7. The first-order chi connectivity index (χ1) is 19.4. The second kappa shape index (κ2) is 11.8. The van der Waals surface area contributed by atoms with E-state index in [2.05, 4.69) is 11.4 Å². The molecule has 6 heteroatoms. The minimum atomic E-state index is -0.486. The lowest BCUT2D eigenvalue weighted by Gasteiger charge is -2.39. The van der Waals surface area contributed by atoms with Crippen LogP contribution in [0.25, 0.3) is 0 Å². The van der Waals surface area contributed by atoms with E-state index in [9.17, 15) is 9.59 Å². The summed E-state index contributed by atoms with van der Waals surface area (Å²) < 4.78 is 11.1. The topological polar surface area (TPSA) is 67.9 Å². The van der Waals surface area contributed by atoms with Crippen molar-refractivity contribution in [2.75, 3.05) is 32.7 Å². The molecule has 0 saturated heterocycles. The van der Waals surface area contributed by atoms with E-state index in [1.807, 2.05) is 105 Å². The maximum Gasteiger partial charge on any atom is 0.336 e. The fourth-order valence-electron chi connectivity index (χ4n) is 5.73. The van der Waals surface area contributed by atoms with Crippen molar-refractivity contribution < 1.29 is 19.1 Å². The predicted molar refractivity (Wildman–Crippen MR) is 157 cm³/mol. The first-order valence-electron chi connectivity index (χ1n) is 13.7. The van der Waals surface area contributed by atoms with Gasteiger partial charge in [0.25, 0.3) is 0 Å². The fourth-order valence-corrected chi connectivity index (χ4v) is 5.73. The van der Waals surface area contributed by atoms with Gasteiger partial charge in [-0.1, -0.05) is 60.7 Å². The van der Waals surface area contributed by atoms with E-state index in [4.69, 9.17) is 9.47 Å². The Labute approximate surface area is 236 Å². The molecule has 3 atom stereocenters. The van der Waals surface area contributed by atoms with Crippen molar-refractivity contribution in [1.82, 2.24) is 5.32 Å². The van der Waals surface area contributed by atoms with Crippen molar-refractivity contribution in [3.8, 4) is 5.75 Å². The molecule has 3 aromatic rings. The van der Waals surface area contributed by atoms with E-state index in [0.717, 1.165) is 39.5 Å². The molecule has 3 unspecified atom stereocenters. The monoisotopic (exact) mass is 536 g/mol. The van der Waals surface area contributed by atoms with Gasteiger partial charge < -0.3 is 19.7 Å². The average Bonchev–Trinajstić information content (AvgIpc) is 2.97. The maximum absolute atomic E-state index is 13.9. The third-order valence-electron chi connectivity index (χ3n) is 7.86. The molecule has 0 aromatic heterocycles. The van der Waals surface area contributed by atoms with Gasteiger partial charge >= 0.3 is 5.97 Å². The highest BCUT2D eigenvalue weighted by atomic mass is 16.5. The molecular weight excluding hydrogens is 500 g/mol. The SMILES string of the molecule is COc1ccc(C2C=C3NC(C)=C(C(=O)OCCc4ccccc4)C(c4ccc(N(C)C)cc4)C3C(=O)C2)cc1. The van der Waals surface area contributed by atoms with Crippen LogP contribution in [-0.2, 0) is 20.7 Å². The number of benzene rings is 3. The van der Waals surface area contributed by atoms with E-state index < -0.39 is 11.8 Å². The molecule has 3 aromatic carbocycles. The molecule has 0 radical (unpaired) electrons. The molecule has 1 aliphatic carbocycles. The van der Waals surface area contributed by atoms with Gasteiger partial charge in [0.05, 0.1) is 25.2 Å². The van der Waals surface area contributed by atoms with Crippen molar-refractivity contribution in [2.24, 2.45) is 5.92 Å². The zero-order valence-corrected chi connectivity index (χ0v) is 23.5. The number of hydrogen-bond acceptors (Lipinski definition) is 6. The number of nitrogens with one attached hydrogen (secondary N) is 1. The number of allylic oxidation sites excluding steroid dienone is 3. The number of carbonyl (C=O) groups excluding carboxylic acids is 2. The van der Waals surface area contributed by atoms with Crippen LogP contribution >= 0.6 is 0 Å². The van der Waals surface area contributed by atoms with Gasteiger partial charge in [0, 0.05) is 55.9 Å². The summed E-state index contributed by atoms with van der Waals surface area (Å²) in [5.74, 6) is -0.470. The molecule has 0 amide bonds. The van der Waals surface area contributed by atoms with Crippen LogP contribution in [0, 0.1) is 5.92 Å². The van der Waals surface area contributed by atoms with Gasteiger partial charge in [0.2, 0.25) is 0 Å². The van der Waals surface area contributed by atoms with Crippen LogP contribution in [0.3, 0.4) is 0 Å². The second-order valence-electron chi connectivity index (χ2n) is 10.6. The van der Waals surface area contributed by atoms with E-state index in [1.54, 1.807) is 7.11 Å². The Balaban J connectivity index is 1.48. The van der Waals surface area contributed by atoms with Gasteiger partial charge in [-0.25, -0.2) is 4.79 Å². The van der Waals surface area contributed by atoms with Crippen LogP contribution in [-0.4, -0.2) is 39.6 Å². The molecule has 2 aliphatic rings. The van der Waals surface area contributed by atoms with Crippen LogP contribution in [0.1, 0.15) is 41.9 Å². The Morgan fingerprint density at radius 3 is 2.25 bits per heavy atom. The number of nitrogens with zero attached hydrogens (tertiary/aromatic N) is 1. The molecule has 0 saturated carbocycles. The summed E-state index contributed by atoms with van der Waals surface area (Å²) in [6.07, 6.45) is 3.14. The molecule has 0 fully saturated rings. The molecule has 0 bridgehead atoms. The highest BCUT2D eigenvalue weighted by Gasteiger charge is 2.45. The van der Waals surface area contributed by atoms with Gasteiger partial charge in [-0.2, -0.15) is 0 Å². The van der Waals surface area contributed by atoms with Crippen molar-refractivity contribution in [3.05, 3.63) is 119 Å². The van der Waals surface area contributed by atoms with Crippen LogP contribution in [0.4, 0.5) is 5.69 Å². The Hall–Kier alpha value is -4.32. The van der Waals surface area contributed by atoms with Gasteiger partial charge in [0.1, 0.15) is 11.5 Å². The molecule has 1 N–H and O–H groups in total. The van der Waals surface area contributed by atoms with E-state index in [1.165, 1.54) is 0 Å². The lowest BCUT2D eigenvalue weighted by molar-refractivity contribution is -0.139. The standard InChI is InChI=1S/C34H36N2O4/c1-22-31(34(38)40-19-18-23-8-6-5-7-9-23)32(25-10-14-27(15-11-25)36(2)3)33-29(35-22)20-26(21-30(33)37)24-12-16-28(39-4)17-13-24/h5-17,20,26,32-33,35H,18-19,21H2,1-4H3. The van der Waals surface area contributed by atoms with Crippen LogP contribution in [0.5, 0.6) is 5.75 Å². The van der Waals surface area contributed by atoms with E-state index in [0.29, 0.717) is 18.4 Å². The number of carbonyl (C=O) groups is 2. The second-order valence-corrected chi connectivity index (χ2v) is 10.6. The minimum Gasteiger partial charge on any atom is -0.497 e. The largest absolute Gasteiger partial charge is 0.497 e. The molecule has 1 aliphatic heterocycles. The highest BCUT2D eigenvalue weighted by molar-refractivity contribution is 5.96. The molecular formula is C34H36N2O4. The summed E-state index contributed by atoms with van der Waals surface area (Å²) in [4.78, 5) is 29.5. The van der Waals surface area contributed by atoms with Crippen molar-refractivity contribution in [2.45, 2.75) is 31.6 Å². The molecule has 0 spiro atoms. The highest BCUT2D eigenvalue weighted by Crippen LogP contribution is 2.46. The van der Waals surface area contributed by atoms with Gasteiger partial charge in [-0.3, -0.25) is 4.79 Å². The molecule has 5 rings (SSSR count). The molecule has 206 valence electrons. The number of esters is 1. The average molecular weight is 537 g/mol. The van der Waals surface area contributed by atoms with Crippen LogP contribution < -0.4 is 15.0 Å². The number of rotatable bonds is 8. The third kappa shape index (κ3) is 5.67. The number of hydrogen-bond donors (Lipinski definition) is 1. The lowest BCUT2D eigenvalue weighted by atomic mass is 9.68. The fraction of sp³-hybridized carbons (Fsp3) is 0.294. The van der Waals surface area contributed by atoms with Crippen LogP contribution in [0.2, 0.25) is 0 Å². The Kier molecular flexibility index (Phi) is 8.06. The minimum absolute atomic E-state index is 0.0545. The number of Topliss-reactive ketones (excluding diaryl/α,β-unsaturated/α-hetero) is 1. The summed E-state index contributed by atoms with van der Waals surface area (Å²) in [6.45, 7) is 2.17. The lowest BCUT2D eigenvalue weighted by Crippen LogP contribution is -2.42. The Morgan fingerprint density at radius 2 is 1.60 bits per heavy atom. The Bertz CT molecular complexity index is 1420. The maximum atomic E-state index is 13.9. The van der Waals surface area contributed by atoms with Gasteiger partial charge in [-0.15, -0.1) is 0 Å². The predicted octanol–water partition coefficient (Wildman–Crippen LogP) is 5.76. The Morgan fingerprint density at radius 1 is 0.925 bits per heavy atom. The summed E-state index contributed by atoms with van der Waals surface area (Å²) in [5, 5.41) is 3.43. The van der Waals surface area contributed by atoms with Crippen molar-refractivity contribution >= 4 is 17.4 Å². The zero-order valence-electron chi connectivity index (χ0n) is 23.5. The summed E-state index contributed by atoms with van der Waals surface area (Å²) >= 11 is 0. The molecule has 1 heterocycles. The quantitative estimate of drug-likeness (QED) is 0.369. The summed E-state index contributed by atoms with van der Waals surface area (Å²) in [6, 6.07) is 25.9. The summed E-state index contributed by atoms with van der Waals surface area (Å²) in [7, 11) is 5.62. The van der Waals surface area contributed by atoms with Gasteiger partial charge in [-0.05, 0) is 47.9 Å². The third-order valence-corrected chi connectivity index (χ3v) is 7.86. The summed E-state index contributed by atoms with van der Waals surface area (Å²) in [5.41, 5.74) is 6.22. The van der Waals surface area contributed by atoms with E-state index >= 15 is 0 Å². The van der Waals surface area contributed by atoms with E-state index in [-0.39, 0.29) is 24.3 Å². The number of anilines is 1. The molecule has 40 heavy (non-hydrogen) atoms.